The third-order valence-electron chi connectivity index (χ3n) is 4.44. The van der Waals surface area contributed by atoms with Gasteiger partial charge < -0.3 is 5.32 Å². The van der Waals surface area contributed by atoms with Crippen molar-refractivity contribution in [3.8, 4) is 0 Å². The van der Waals surface area contributed by atoms with Crippen molar-refractivity contribution in [1.29, 1.82) is 0 Å². The van der Waals surface area contributed by atoms with E-state index in [1.807, 2.05) is 0 Å². The van der Waals surface area contributed by atoms with Crippen molar-refractivity contribution in [2.24, 2.45) is 17.3 Å². The molecule has 0 radical (unpaired) electrons. The minimum atomic E-state index is 0.685. The van der Waals surface area contributed by atoms with E-state index in [0.29, 0.717) is 5.41 Å². The lowest BCUT2D eigenvalue weighted by molar-refractivity contribution is 0.0514. The maximum absolute atomic E-state index is 3.59. The van der Waals surface area contributed by atoms with E-state index in [2.05, 4.69) is 19.2 Å². The van der Waals surface area contributed by atoms with Crippen LogP contribution in [0.15, 0.2) is 0 Å². The zero-order valence-electron chi connectivity index (χ0n) is 9.10. The summed E-state index contributed by atoms with van der Waals surface area (Å²) in [6, 6.07) is 0. The first-order chi connectivity index (χ1) is 6.23. The number of hydrogen-bond donors (Lipinski definition) is 1. The summed E-state index contributed by atoms with van der Waals surface area (Å²) >= 11 is 0. The predicted octanol–water partition coefficient (Wildman–Crippen LogP) is 2.81. The van der Waals surface area contributed by atoms with Gasteiger partial charge in [-0.3, -0.25) is 0 Å². The van der Waals surface area contributed by atoms with Crippen molar-refractivity contribution >= 4 is 0 Å². The minimum Gasteiger partial charge on any atom is -0.316 e. The quantitative estimate of drug-likeness (QED) is 0.606. The first-order valence-electron chi connectivity index (χ1n) is 5.94. The molecule has 0 aromatic carbocycles. The third kappa shape index (κ3) is 1.76. The molecule has 2 aliphatic rings. The maximum atomic E-state index is 3.59. The Morgan fingerprint density at radius 1 is 1.23 bits per heavy atom. The second-order valence-electron chi connectivity index (χ2n) is 5.42. The van der Waals surface area contributed by atoms with Gasteiger partial charge in [-0.15, -0.1) is 0 Å². The van der Waals surface area contributed by atoms with Crippen LogP contribution in [0.2, 0.25) is 0 Å². The van der Waals surface area contributed by atoms with Crippen molar-refractivity contribution in [3.05, 3.63) is 0 Å². The lowest BCUT2D eigenvalue weighted by atomic mass is 9.61. The molecule has 1 heterocycles. The van der Waals surface area contributed by atoms with Crippen molar-refractivity contribution < 1.29 is 0 Å². The number of rotatable bonds is 0. The first-order valence-corrected chi connectivity index (χ1v) is 5.94. The highest BCUT2D eigenvalue weighted by molar-refractivity contribution is 4.93. The van der Waals surface area contributed by atoms with Crippen molar-refractivity contribution in [3.63, 3.8) is 0 Å². The highest BCUT2D eigenvalue weighted by Crippen LogP contribution is 2.47. The Hall–Kier alpha value is -0.0400. The fourth-order valence-electron chi connectivity index (χ4n) is 3.38. The number of piperidine rings is 1. The monoisotopic (exact) mass is 181 g/mol. The minimum absolute atomic E-state index is 0.685. The Bertz CT molecular complexity index is 170. The van der Waals surface area contributed by atoms with Crippen LogP contribution in [0.1, 0.15) is 46.0 Å². The van der Waals surface area contributed by atoms with E-state index in [0.717, 1.165) is 11.8 Å². The van der Waals surface area contributed by atoms with Gasteiger partial charge in [0.15, 0.2) is 0 Å². The Balaban J connectivity index is 2.03. The molecule has 1 saturated carbocycles. The van der Waals surface area contributed by atoms with Crippen LogP contribution in [-0.4, -0.2) is 13.1 Å². The lowest BCUT2D eigenvalue weighted by Gasteiger charge is -2.47. The van der Waals surface area contributed by atoms with E-state index in [-0.39, 0.29) is 0 Å². The normalized spacial score (nSPS) is 46.6. The van der Waals surface area contributed by atoms with Crippen LogP contribution in [-0.2, 0) is 0 Å². The molecule has 1 spiro atoms. The molecule has 1 aliphatic carbocycles. The van der Waals surface area contributed by atoms with Crippen molar-refractivity contribution in [1.82, 2.24) is 5.32 Å². The maximum Gasteiger partial charge on any atom is 0.00104 e. The standard InChI is InChI=1S/C12H23N/c1-10-4-6-12(11(2)8-10)5-3-7-13-9-12/h10-11,13H,3-9H2,1-2H3. The molecular formula is C12H23N. The van der Waals surface area contributed by atoms with Crippen LogP contribution in [0.5, 0.6) is 0 Å². The topological polar surface area (TPSA) is 12.0 Å². The summed E-state index contributed by atoms with van der Waals surface area (Å²) in [5, 5.41) is 3.59. The van der Waals surface area contributed by atoms with Crippen molar-refractivity contribution in [2.75, 3.05) is 13.1 Å². The van der Waals surface area contributed by atoms with Crippen LogP contribution in [0.3, 0.4) is 0 Å². The van der Waals surface area contributed by atoms with E-state index in [4.69, 9.17) is 0 Å². The average Bonchev–Trinajstić information content (AvgIpc) is 2.14. The van der Waals surface area contributed by atoms with Gasteiger partial charge in [-0.2, -0.15) is 0 Å². The Morgan fingerprint density at radius 2 is 2.08 bits per heavy atom. The summed E-state index contributed by atoms with van der Waals surface area (Å²) < 4.78 is 0. The Kier molecular flexibility index (Phi) is 2.64. The lowest BCUT2D eigenvalue weighted by Crippen LogP contribution is -2.46. The molecule has 0 aromatic heterocycles. The number of nitrogens with one attached hydrogen (secondary N) is 1. The Labute approximate surface area is 82.3 Å². The summed E-state index contributed by atoms with van der Waals surface area (Å²) in [7, 11) is 0. The molecule has 0 aromatic rings. The van der Waals surface area contributed by atoms with Crippen LogP contribution in [0, 0.1) is 17.3 Å². The molecule has 1 heteroatoms. The van der Waals surface area contributed by atoms with Gasteiger partial charge in [0.2, 0.25) is 0 Å². The summed E-state index contributed by atoms with van der Waals surface area (Å²) in [4.78, 5) is 0. The fraction of sp³-hybridized carbons (Fsp3) is 1.00. The van der Waals surface area contributed by atoms with Gasteiger partial charge in [0.1, 0.15) is 0 Å². The highest BCUT2D eigenvalue weighted by Gasteiger charge is 2.40. The van der Waals surface area contributed by atoms with Crippen molar-refractivity contribution in [2.45, 2.75) is 46.0 Å². The molecule has 1 aliphatic heterocycles. The second kappa shape index (κ2) is 3.61. The molecule has 3 atom stereocenters. The average molecular weight is 181 g/mol. The van der Waals surface area contributed by atoms with Gasteiger partial charge >= 0.3 is 0 Å². The van der Waals surface area contributed by atoms with Crippen LogP contribution >= 0.6 is 0 Å². The van der Waals surface area contributed by atoms with E-state index in [1.54, 1.807) is 0 Å². The summed E-state index contributed by atoms with van der Waals surface area (Å²) in [6.45, 7) is 7.44. The molecule has 0 bridgehead atoms. The summed E-state index contributed by atoms with van der Waals surface area (Å²) in [5.74, 6) is 1.92. The molecule has 1 nitrogen and oxygen atoms in total. The molecule has 1 N–H and O–H groups in total. The molecule has 76 valence electrons. The van der Waals surface area contributed by atoms with Gasteiger partial charge in [-0.1, -0.05) is 20.3 Å². The van der Waals surface area contributed by atoms with Crippen LogP contribution in [0.4, 0.5) is 0 Å². The zero-order valence-corrected chi connectivity index (χ0v) is 9.10. The fourth-order valence-corrected chi connectivity index (χ4v) is 3.38. The first kappa shape index (κ1) is 9.51. The van der Waals surface area contributed by atoms with Crippen LogP contribution in [0.25, 0.3) is 0 Å². The SMILES string of the molecule is CC1CCC2(CCCNC2)C(C)C1. The van der Waals surface area contributed by atoms with Gasteiger partial charge in [0.25, 0.3) is 0 Å². The van der Waals surface area contributed by atoms with E-state index in [1.165, 1.54) is 45.2 Å². The highest BCUT2D eigenvalue weighted by atomic mass is 14.9. The molecule has 2 fully saturated rings. The smallest absolute Gasteiger partial charge is 0.00104 e. The Morgan fingerprint density at radius 3 is 2.69 bits per heavy atom. The van der Waals surface area contributed by atoms with Gasteiger partial charge in [0, 0.05) is 6.54 Å². The van der Waals surface area contributed by atoms with E-state index in [9.17, 15) is 0 Å². The van der Waals surface area contributed by atoms with Gasteiger partial charge in [0.05, 0.1) is 0 Å². The van der Waals surface area contributed by atoms with E-state index >= 15 is 0 Å². The summed E-state index contributed by atoms with van der Waals surface area (Å²) in [5.41, 5.74) is 0.685. The predicted molar refractivity (Wildman–Crippen MR) is 56.7 cm³/mol. The van der Waals surface area contributed by atoms with Gasteiger partial charge in [-0.25, -0.2) is 0 Å². The molecule has 13 heavy (non-hydrogen) atoms. The molecular weight excluding hydrogens is 158 g/mol. The zero-order chi connectivity index (χ0) is 9.31. The molecule has 3 unspecified atom stereocenters. The second-order valence-corrected chi connectivity index (χ2v) is 5.42. The van der Waals surface area contributed by atoms with Crippen LogP contribution < -0.4 is 5.32 Å². The third-order valence-corrected chi connectivity index (χ3v) is 4.44. The van der Waals surface area contributed by atoms with E-state index < -0.39 is 0 Å². The largest absolute Gasteiger partial charge is 0.316 e. The van der Waals surface area contributed by atoms with Gasteiger partial charge in [-0.05, 0) is 49.5 Å². The number of hydrogen-bond acceptors (Lipinski definition) is 1. The summed E-state index contributed by atoms with van der Waals surface area (Å²) in [6.07, 6.45) is 7.28. The molecule has 0 amide bonds. The molecule has 1 saturated heterocycles. The molecule has 2 rings (SSSR count).